The van der Waals surface area contributed by atoms with E-state index >= 15 is 0 Å². The molecule has 0 amide bonds. The molecule has 0 saturated carbocycles. The minimum Gasteiger partial charge on any atom is -0.422 e. The molecular formula is C30H27BN6-. The van der Waals surface area contributed by atoms with Gasteiger partial charge < -0.3 is 13.8 Å². The van der Waals surface area contributed by atoms with Crippen LogP contribution in [0, 0.1) is 20.8 Å². The summed E-state index contributed by atoms with van der Waals surface area (Å²) in [6.07, 6.45) is 0. The molecule has 3 heterocycles. The first kappa shape index (κ1) is 22.8. The summed E-state index contributed by atoms with van der Waals surface area (Å²) in [7, 11) is -0.432. The second kappa shape index (κ2) is 9.43. The number of aryl methyl sites for hydroxylation is 3. The van der Waals surface area contributed by atoms with Gasteiger partial charge in [-0.2, -0.15) is 0 Å². The molecule has 1 radical (unpaired) electrons. The maximum Gasteiger partial charge on any atom is 0.262 e. The van der Waals surface area contributed by atoms with Crippen molar-refractivity contribution >= 4 is 7.12 Å². The van der Waals surface area contributed by atoms with Crippen LogP contribution in [0.2, 0.25) is 0 Å². The molecule has 0 N–H and O–H groups in total. The molecule has 3 aromatic heterocycles. The fourth-order valence-corrected chi connectivity index (χ4v) is 4.77. The first-order valence-electron chi connectivity index (χ1n) is 12.4. The van der Waals surface area contributed by atoms with E-state index in [9.17, 15) is 0 Å². The summed E-state index contributed by atoms with van der Waals surface area (Å²) < 4.78 is 6.08. The van der Waals surface area contributed by atoms with E-state index in [-0.39, 0.29) is 0 Å². The Morgan fingerprint density at radius 3 is 1.38 bits per heavy atom. The van der Waals surface area contributed by atoms with Crippen LogP contribution in [0.1, 0.15) is 17.1 Å². The molecule has 3 aromatic carbocycles. The minimum absolute atomic E-state index is 0.432. The summed E-state index contributed by atoms with van der Waals surface area (Å²) in [6.45, 7) is 6.19. The summed E-state index contributed by atoms with van der Waals surface area (Å²) in [5, 5.41) is 15.2. The summed E-state index contributed by atoms with van der Waals surface area (Å²) >= 11 is 0. The molecule has 0 fully saturated rings. The zero-order valence-electron chi connectivity index (χ0n) is 21.2. The third-order valence-corrected chi connectivity index (χ3v) is 6.57. The van der Waals surface area contributed by atoms with Crippen molar-refractivity contribution < 1.29 is 0 Å². The van der Waals surface area contributed by atoms with Gasteiger partial charge in [0.2, 0.25) is 0 Å². The van der Waals surface area contributed by atoms with Crippen molar-refractivity contribution in [3.8, 4) is 33.8 Å². The summed E-state index contributed by atoms with van der Waals surface area (Å²) in [4.78, 5) is 0. The van der Waals surface area contributed by atoms with Crippen molar-refractivity contribution in [1.82, 2.24) is 29.1 Å². The largest absolute Gasteiger partial charge is 0.422 e. The number of nitrogens with zero attached hydrogens (tertiary/aromatic N) is 6. The van der Waals surface area contributed by atoms with E-state index < -0.39 is 7.12 Å². The fraction of sp³-hybridized carbons (Fsp3) is 0.100. The Balaban J connectivity index is 1.57. The van der Waals surface area contributed by atoms with Gasteiger partial charge in [0.1, 0.15) is 0 Å². The van der Waals surface area contributed by atoms with E-state index in [0.717, 1.165) is 50.9 Å². The lowest BCUT2D eigenvalue weighted by Gasteiger charge is -2.34. The normalized spacial score (nSPS) is 11.4. The number of benzene rings is 3. The lowest BCUT2D eigenvalue weighted by Crippen LogP contribution is -2.45. The third-order valence-electron chi connectivity index (χ3n) is 6.57. The Labute approximate surface area is 217 Å². The van der Waals surface area contributed by atoms with Crippen LogP contribution in [-0.2, 0) is 0 Å². The van der Waals surface area contributed by atoms with Crippen molar-refractivity contribution in [3.05, 3.63) is 126 Å². The molecule has 0 aliphatic heterocycles. The fourth-order valence-electron chi connectivity index (χ4n) is 4.77. The predicted molar refractivity (Wildman–Crippen MR) is 149 cm³/mol. The number of aromatic nitrogens is 6. The highest BCUT2D eigenvalue weighted by molar-refractivity contribution is 6.53. The Bertz CT molecular complexity index is 1570. The lowest BCUT2D eigenvalue weighted by atomic mass is 9.92. The predicted octanol–water partition coefficient (Wildman–Crippen LogP) is 6.13. The monoisotopic (exact) mass is 482 g/mol. The van der Waals surface area contributed by atoms with Crippen LogP contribution in [0.25, 0.3) is 33.8 Å². The van der Waals surface area contributed by atoms with E-state index in [1.54, 1.807) is 0 Å². The maximum absolute atomic E-state index is 5.10. The second-order valence-corrected chi connectivity index (χ2v) is 9.29. The molecule has 37 heavy (non-hydrogen) atoms. The van der Waals surface area contributed by atoms with Crippen molar-refractivity contribution in [2.24, 2.45) is 0 Å². The van der Waals surface area contributed by atoms with Crippen LogP contribution in [-0.4, -0.2) is 36.2 Å². The molecule has 6 nitrogen and oxygen atoms in total. The van der Waals surface area contributed by atoms with Gasteiger partial charge in [-0.3, -0.25) is 0 Å². The number of hydrogen-bond acceptors (Lipinski definition) is 3. The molecule has 0 aliphatic carbocycles. The molecule has 6 aromatic rings. The van der Waals surface area contributed by atoms with Gasteiger partial charge in [-0.05, 0) is 55.9 Å². The maximum atomic E-state index is 5.10. The molecule has 0 bridgehead atoms. The average Bonchev–Trinajstić information content (AvgIpc) is 3.63. The molecule has 0 aliphatic rings. The zero-order chi connectivity index (χ0) is 25.4. The highest BCUT2D eigenvalue weighted by Crippen LogP contribution is 2.26. The number of hydrogen-bond donors (Lipinski definition) is 0. The van der Waals surface area contributed by atoms with Crippen LogP contribution in [0.5, 0.6) is 0 Å². The SMILES string of the molecule is Cc1cc(-c2ccccc2)n([B-](n2nc(-c3ccccc3)cc2C)n2nc(-c3ccccc3)cc2C)n1. The summed E-state index contributed by atoms with van der Waals surface area (Å²) in [5.41, 5.74) is 9.06. The van der Waals surface area contributed by atoms with Crippen molar-refractivity contribution in [1.29, 1.82) is 0 Å². The van der Waals surface area contributed by atoms with Gasteiger partial charge in [-0.1, -0.05) is 91.0 Å². The van der Waals surface area contributed by atoms with E-state index in [2.05, 4.69) is 80.6 Å². The third kappa shape index (κ3) is 4.29. The minimum atomic E-state index is -0.432. The van der Waals surface area contributed by atoms with Crippen molar-refractivity contribution in [2.45, 2.75) is 20.8 Å². The molecule has 0 unspecified atom stereocenters. The van der Waals surface area contributed by atoms with E-state index in [4.69, 9.17) is 15.3 Å². The smallest absolute Gasteiger partial charge is 0.262 e. The highest BCUT2D eigenvalue weighted by Gasteiger charge is 2.20. The van der Waals surface area contributed by atoms with Gasteiger partial charge in [-0.15, -0.1) is 0 Å². The van der Waals surface area contributed by atoms with E-state index in [0.29, 0.717) is 0 Å². The molecule has 7 heteroatoms. The van der Waals surface area contributed by atoms with Crippen molar-refractivity contribution in [3.63, 3.8) is 0 Å². The van der Waals surface area contributed by atoms with Gasteiger partial charge >= 0.3 is 0 Å². The lowest BCUT2D eigenvalue weighted by molar-refractivity contribution is 0.751. The molecule has 6 rings (SSSR count). The van der Waals surface area contributed by atoms with Crippen LogP contribution in [0.3, 0.4) is 0 Å². The van der Waals surface area contributed by atoms with Gasteiger partial charge in [-0.25, -0.2) is 15.3 Å². The van der Waals surface area contributed by atoms with Gasteiger partial charge in [0.05, 0.1) is 17.1 Å². The van der Waals surface area contributed by atoms with Crippen LogP contribution in [0.4, 0.5) is 0 Å². The average molecular weight is 482 g/mol. The Morgan fingerprint density at radius 1 is 0.486 bits per heavy atom. The first-order valence-corrected chi connectivity index (χ1v) is 12.4. The zero-order valence-corrected chi connectivity index (χ0v) is 21.2. The Morgan fingerprint density at radius 2 is 0.919 bits per heavy atom. The Hall–Kier alpha value is -4.65. The second-order valence-electron chi connectivity index (χ2n) is 9.29. The highest BCUT2D eigenvalue weighted by atomic mass is 15.5. The Kier molecular flexibility index (Phi) is 5.81. The van der Waals surface area contributed by atoms with Crippen LogP contribution >= 0.6 is 0 Å². The van der Waals surface area contributed by atoms with Gasteiger partial charge in [0.15, 0.2) is 0 Å². The van der Waals surface area contributed by atoms with Gasteiger partial charge in [0, 0.05) is 16.8 Å². The number of rotatable bonds is 6. The molecule has 0 atom stereocenters. The standard InChI is InChI=1S/C30H27BN6/c1-22-19-30(27-17-11-6-12-18-27)37(32-22)31(35-23(2)20-28(33-35)25-13-7-4-8-14-25)36-24(3)21-29(34-36)26-15-9-5-10-16-26/h4-21H,1-3H3/q-1. The van der Waals surface area contributed by atoms with Crippen LogP contribution in [0.15, 0.2) is 109 Å². The van der Waals surface area contributed by atoms with Crippen LogP contribution < -0.4 is 0 Å². The quantitative estimate of drug-likeness (QED) is 0.268. The summed E-state index contributed by atoms with van der Waals surface area (Å²) in [6, 6.07) is 37.3. The van der Waals surface area contributed by atoms with E-state index in [1.807, 2.05) is 63.2 Å². The molecule has 181 valence electrons. The molecule has 0 saturated heterocycles. The molecule has 0 spiro atoms. The first-order chi connectivity index (χ1) is 18.1. The van der Waals surface area contributed by atoms with Gasteiger partial charge in [0.25, 0.3) is 7.12 Å². The topological polar surface area (TPSA) is 53.5 Å². The molecular weight excluding hydrogens is 455 g/mol. The van der Waals surface area contributed by atoms with E-state index in [1.165, 1.54) is 0 Å². The van der Waals surface area contributed by atoms with Crippen molar-refractivity contribution in [2.75, 3.05) is 0 Å². The summed E-state index contributed by atoms with van der Waals surface area (Å²) in [5.74, 6) is 0.